The lowest BCUT2D eigenvalue weighted by Gasteiger charge is -2.02. The van der Waals surface area contributed by atoms with Crippen molar-refractivity contribution in [3.8, 4) is 0 Å². The molecule has 0 spiro atoms. The summed E-state index contributed by atoms with van der Waals surface area (Å²) in [4.78, 5) is 2.51. The Labute approximate surface area is 109 Å². The van der Waals surface area contributed by atoms with Crippen molar-refractivity contribution in [1.82, 2.24) is 0 Å². The zero-order valence-corrected chi connectivity index (χ0v) is 11.0. The molecule has 1 heterocycles. The van der Waals surface area contributed by atoms with E-state index in [2.05, 4.69) is 11.4 Å². The number of hydrogen-bond donors (Lipinski definition) is 1. The minimum Gasteiger partial charge on any atom is -0.326 e. The number of halogens is 1. The van der Waals surface area contributed by atoms with Gasteiger partial charge in [-0.05, 0) is 41.3 Å². The third-order valence-electron chi connectivity index (χ3n) is 2.23. The SMILES string of the molecule is NCc1sccc1CSc1ccc(Cl)cc1. The smallest absolute Gasteiger partial charge is 0.0406 e. The lowest BCUT2D eigenvalue weighted by atomic mass is 10.3. The molecule has 0 atom stereocenters. The third-order valence-corrected chi connectivity index (χ3v) is 4.53. The second-order valence-corrected chi connectivity index (χ2v) is 5.80. The van der Waals surface area contributed by atoms with Gasteiger partial charge in [-0.3, -0.25) is 0 Å². The van der Waals surface area contributed by atoms with Crippen molar-refractivity contribution >= 4 is 34.7 Å². The Morgan fingerprint density at radius 1 is 1.19 bits per heavy atom. The van der Waals surface area contributed by atoms with Gasteiger partial charge in [0, 0.05) is 27.1 Å². The molecule has 16 heavy (non-hydrogen) atoms. The molecule has 2 N–H and O–H groups in total. The standard InChI is InChI=1S/C12H12ClNS2/c13-10-1-3-11(4-2-10)16-8-9-5-6-15-12(9)7-14/h1-6H,7-8,14H2. The Balaban J connectivity index is 1.99. The van der Waals surface area contributed by atoms with Gasteiger partial charge in [0.15, 0.2) is 0 Å². The molecular weight excluding hydrogens is 258 g/mol. The van der Waals surface area contributed by atoms with Gasteiger partial charge < -0.3 is 5.73 Å². The van der Waals surface area contributed by atoms with Crippen molar-refractivity contribution < 1.29 is 0 Å². The highest BCUT2D eigenvalue weighted by molar-refractivity contribution is 7.98. The molecule has 0 bridgehead atoms. The second-order valence-electron chi connectivity index (χ2n) is 3.32. The number of nitrogens with two attached hydrogens (primary N) is 1. The fourth-order valence-corrected chi connectivity index (χ4v) is 3.29. The molecule has 2 aromatic rings. The molecule has 0 radical (unpaired) electrons. The van der Waals surface area contributed by atoms with Gasteiger partial charge in [-0.15, -0.1) is 23.1 Å². The molecule has 2 rings (SSSR count). The minimum absolute atomic E-state index is 0.633. The Morgan fingerprint density at radius 3 is 2.62 bits per heavy atom. The predicted octanol–water partition coefficient (Wildman–Crippen LogP) is 4.15. The number of benzene rings is 1. The van der Waals surface area contributed by atoms with E-state index in [0.717, 1.165) is 10.8 Å². The van der Waals surface area contributed by atoms with Gasteiger partial charge in [-0.25, -0.2) is 0 Å². The van der Waals surface area contributed by atoms with E-state index >= 15 is 0 Å². The maximum Gasteiger partial charge on any atom is 0.0406 e. The summed E-state index contributed by atoms with van der Waals surface area (Å²) in [6, 6.07) is 10.1. The van der Waals surface area contributed by atoms with Gasteiger partial charge >= 0.3 is 0 Å². The van der Waals surface area contributed by atoms with Crippen molar-refractivity contribution in [1.29, 1.82) is 0 Å². The molecule has 0 saturated carbocycles. The number of hydrogen-bond acceptors (Lipinski definition) is 3. The van der Waals surface area contributed by atoms with E-state index in [4.69, 9.17) is 17.3 Å². The van der Waals surface area contributed by atoms with Crippen LogP contribution >= 0.6 is 34.7 Å². The molecule has 1 aromatic heterocycles. The molecule has 0 amide bonds. The first-order valence-electron chi connectivity index (χ1n) is 4.93. The maximum atomic E-state index is 5.83. The Morgan fingerprint density at radius 2 is 1.94 bits per heavy atom. The monoisotopic (exact) mass is 269 g/mol. The summed E-state index contributed by atoms with van der Waals surface area (Å²) in [7, 11) is 0. The van der Waals surface area contributed by atoms with Crippen LogP contribution in [0.2, 0.25) is 5.02 Å². The van der Waals surface area contributed by atoms with Crippen molar-refractivity contribution in [3.05, 3.63) is 51.2 Å². The molecule has 0 aliphatic heterocycles. The van der Waals surface area contributed by atoms with Crippen molar-refractivity contribution in [2.75, 3.05) is 0 Å². The van der Waals surface area contributed by atoms with E-state index in [1.165, 1.54) is 15.3 Å². The summed E-state index contributed by atoms with van der Waals surface area (Å²) in [5.74, 6) is 0.970. The van der Waals surface area contributed by atoms with Crippen LogP contribution in [0.5, 0.6) is 0 Å². The topological polar surface area (TPSA) is 26.0 Å². The van der Waals surface area contributed by atoms with Crippen LogP contribution in [0.15, 0.2) is 40.6 Å². The first-order valence-corrected chi connectivity index (χ1v) is 7.17. The first kappa shape index (κ1) is 12.0. The first-order chi connectivity index (χ1) is 7.79. The van der Waals surface area contributed by atoms with Crippen molar-refractivity contribution in [3.63, 3.8) is 0 Å². The third kappa shape index (κ3) is 3.01. The number of rotatable bonds is 4. The van der Waals surface area contributed by atoms with E-state index in [9.17, 15) is 0 Å². The Hall–Kier alpha value is -0.480. The Kier molecular flexibility index (Phi) is 4.29. The summed E-state index contributed by atoms with van der Waals surface area (Å²) in [6.45, 7) is 0.633. The normalized spacial score (nSPS) is 10.6. The van der Waals surface area contributed by atoms with Crippen LogP contribution in [0.3, 0.4) is 0 Å². The molecule has 4 heteroatoms. The number of thioether (sulfide) groups is 1. The van der Waals surface area contributed by atoms with Crippen molar-refractivity contribution in [2.24, 2.45) is 5.73 Å². The largest absolute Gasteiger partial charge is 0.326 e. The number of thiophene rings is 1. The van der Waals surface area contributed by atoms with Crippen LogP contribution < -0.4 is 5.73 Å². The van der Waals surface area contributed by atoms with Gasteiger partial charge in [0.1, 0.15) is 0 Å². The summed E-state index contributed by atoms with van der Waals surface area (Å²) in [5, 5.41) is 2.88. The van der Waals surface area contributed by atoms with Crippen LogP contribution in [-0.2, 0) is 12.3 Å². The van der Waals surface area contributed by atoms with Gasteiger partial charge in [-0.2, -0.15) is 0 Å². The molecule has 84 valence electrons. The predicted molar refractivity (Wildman–Crippen MR) is 73.2 cm³/mol. The van der Waals surface area contributed by atoms with Gasteiger partial charge in [-0.1, -0.05) is 11.6 Å². The van der Waals surface area contributed by atoms with Crippen LogP contribution in [0, 0.1) is 0 Å². The van der Waals surface area contributed by atoms with Crippen LogP contribution in [0.25, 0.3) is 0 Å². The van der Waals surface area contributed by atoms with Gasteiger partial charge in [0.2, 0.25) is 0 Å². The van der Waals surface area contributed by atoms with E-state index in [1.807, 2.05) is 36.0 Å². The highest BCUT2D eigenvalue weighted by Crippen LogP contribution is 2.27. The molecule has 1 nitrogen and oxygen atoms in total. The molecule has 0 fully saturated rings. The quantitative estimate of drug-likeness (QED) is 0.844. The highest BCUT2D eigenvalue weighted by Gasteiger charge is 2.03. The zero-order chi connectivity index (χ0) is 11.4. The van der Waals surface area contributed by atoms with E-state index in [0.29, 0.717) is 6.54 Å². The Bertz CT molecular complexity index is 450. The zero-order valence-electron chi connectivity index (χ0n) is 8.65. The van der Waals surface area contributed by atoms with E-state index in [1.54, 1.807) is 11.3 Å². The molecule has 0 aliphatic rings. The van der Waals surface area contributed by atoms with Crippen LogP contribution in [0.1, 0.15) is 10.4 Å². The maximum absolute atomic E-state index is 5.83. The second kappa shape index (κ2) is 5.73. The van der Waals surface area contributed by atoms with E-state index in [-0.39, 0.29) is 0 Å². The van der Waals surface area contributed by atoms with Crippen LogP contribution in [0.4, 0.5) is 0 Å². The molecule has 0 aliphatic carbocycles. The average Bonchev–Trinajstić information content (AvgIpc) is 2.76. The van der Waals surface area contributed by atoms with E-state index < -0.39 is 0 Å². The average molecular weight is 270 g/mol. The van der Waals surface area contributed by atoms with Crippen molar-refractivity contribution in [2.45, 2.75) is 17.2 Å². The molecule has 1 aromatic carbocycles. The fourth-order valence-electron chi connectivity index (χ4n) is 1.37. The lowest BCUT2D eigenvalue weighted by molar-refractivity contribution is 1.08. The van der Waals surface area contributed by atoms with Gasteiger partial charge in [0.05, 0.1) is 0 Å². The lowest BCUT2D eigenvalue weighted by Crippen LogP contribution is -1.96. The minimum atomic E-state index is 0.633. The molecule has 0 unspecified atom stereocenters. The van der Waals surface area contributed by atoms with Gasteiger partial charge in [0.25, 0.3) is 0 Å². The van der Waals surface area contributed by atoms with Crippen LogP contribution in [-0.4, -0.2) is 0 Å². The summed E-state index contributed by atoms with van der Waals surface area (Å²) < 4.78 is 0. The summed E-state index contributed by atoms with van der Waals surface area (Å²) in [6.07, 6.45) is 0. The summed E-state index contributed by atoms with van der Waals surface area (Å²) in [5.41, 5.74) is 7.01. The highest BCUT2D eigenvalue weighted by atomic mass is 35.5. The fraction of sp³-hybridized carbons (Fsp3) is 0.167. The molecular formula is C12H12ClNS2. The summed E-state index contributed by atoms with van der Waals surface area (Å²) >= 11 is 9.37. The molecule has 0 saturated heterocycles.